The Bertz CT molecular complexity index is 1450. The highest BCUT2D eigenvalue weighted by atomic mass is 127. The molecule has 0 aromatic heterocycles. The van der Waals surface area contributed by atoms with Crippen molar-refractivity contribution in [3.63, 3.8) is 0 Å². The molecular weight excluding hydrogens is 535 g/mol. The van der Waals surface area contributed by atoms with E-state index in [1.165, 1.54) is 10.8 Å². The number of hydrogen-bond donors (Lipinski definition) is 1. The molecule has 0 aliphatic heterocycles. The summed E-state index contributed by atoms with van der Waals surface area (Å²) in [4.78, 5) is 12.7. The summed E-state index contributed by atoms with van der Waals surface area (Å²) in [6, 6.07) is 27.9. The number of carbonyl (C=O) groups is 1. The zero-order valence-electron chi connectivity index (χ0n) is 18.9. The van der Waals surface area contributed by atoms with Gasteiger partial charge < -0.3 is 10.1 Å². The van der Waals surface area contributed by atoms with Gasteiger partial charge in [-0.05, 0) is 94.2 Å². The lowest BCUT2D eigenvalue weighted by molar-refractivity contribution is -0.112. The summed E-state index contributed by atoms with van der Waals surface area (Å²) >= 11 is 2.21. The van der Waals surface area contributed by atoms with E-state index in [1.807, 2.05) is 68.4 Å². The minimum atomic E-state index is -0.430. The van der Waals surface area contributed by atoms with Crippen molar-refractivity contribution < 1.29 is 9.53 Å². The smallest absolute Gasteiger partial charge is 0.266 e. The SMILES string of the molecule is Cc1ccc(NC(=O)/C(C#N)=C/c2ccc(OCc3ccc4ccccc4c3)c(I)c2)c(C)c1. The molecule has 4 aromatic rings. The topological polar surface area (TPSA) is 62.1 Å². The maximum Gasteiger partial charge on any atom is 0.266 e. The average Bonchev–Trinajstić information content (AvgIpc) is 2.83. The molecule has 0 bridgehead atoms. The van der Waals surface area contributed by atoms with Crippen LogP contribution in [0.5, 0.6) is 5.75 Å². The fourth-order valence-corrected chi connectivity index (χ4v) is 4.37. The van der Waals surface area contributed by atoms with Gasteiger partial charge >= 0.3 is 0 Å². The number of amides is 1. The van der Waals surface area contributed by atoms with E-state index in [0.29, 0.717) is 12.3 Å². The van der Waals surface area contributed by atoms with Crippen LogP contribution in [0.3, 0.4) is 0 Å². The van der Waals surface area contributed by atoms with Gasteiger partial charge in [0.15, 0.2) is 0 Å². The Labute approximate surface area is 213 Å². The number of fused-ring (bicyclic) bond motifs is 1. The van der Waals surface area contributed by atoms with E-state index < -0.39 is 5.91 Å². The minimum absolute atomic E-state index is 0.0422. The van der Waals surface area contributed by atoms with Crippen molar-refractivity contribution in [1.29, 1.82) is 5.26 Å². The van der Waals surface area contributed by atoms with Crippen molar-refractivity contribution in [1.82, 2.24) is 0 Å². The predicted molar refractivity (Wildman–Crippen MR) is 146 cm³/mol. The molecule has 4 aromatic carbocycles. The molecule has 0 heterocycles. The van der Waals surface area contributed by atoms with E-state index in [4.69, 9.17) is 4.74 Å². The third kappa shape index (κ3) is 5.64. The number of nitrogens with one attached hydrogen (secondary N) is 1. The lowest BCUT2D eigenvalue weighted by atomic mass is 10.1. The second-order valence-electron chi connectivity index (χ2n) is 8.10. The number of rotatable bonds is 6. The number of nitriles is 1. The Balaban J connectivity index is 1.46. The first-order chi connectivity index (χ1) is 16.4. The zero-order valence-corrected chi connectivity index (χ0v) is 21.1. The first kappa shape index (κ1) is 23.5. The average molecular weight is 558 g/mol. The molecule has 0 aliphatic carbocycles. The standard InChI is InChI=1S/C29H23IN2O2/c1-19-7-11-27(20(2)13-19)32-29(33)25(17-31)14-21-9-12-28(26(30)16-21)34-18-22-8-10-23-5-3-4-6-24(23)15-22/h3-16H,18H2,1-2H3,(H,32,33)/b25-14+. The van der Waals surface area contributed by atoms with Gasteiger partial charge in [0.25, 0.3) is 5.91 Å². The maximum atomic E-state index is 12.7. The minimum Gasteiger partial charge on any atom is -0.488 e. The summed E-state index contributed by atoms with van der Waals surface area (Å²) in [6.07, 6.45) is 1.59. The van der Waals surface area contributed by atoms with Crippen molar-refractivity contribution in [2.75, 3.05) is 5.32 Å². The highest BCUT2D eigenvalue weighted by molar-refractivity contribution is 14.1. The van der Waals surface area contributed by atoms with Crippen LogP contribution in [-0.2, 0) is 11.4 Å². The van der Waals surface area contributed by atoms with Crippen LogP contribution in [0.4, 0.5) is 5.69 Å². The third-order valence-electron chi connectivity index (χ3n) is 5.47. The van der Waals surface area contributed by atoms with E-state index >= 15 is 0 Å². The van der Waals surface area contributed by atoms with Crippen LogP contribution >= 0.6 is 22.6 Å². The van der Waals surface area contributed by atoms with Gasteiger partial charge in [0, 0.05) is 5.69 Å². The van der Waals surface area contributed by atoms with Crippen LogP contribution in [0, 0.1) is 28.7 Å². The molecule has 0 saturated carbocycles. The summed E-state index contributed by atoms with van der Waals surface area (Å²) in [5.41, 5.74) is 4.66. The molecule has 1 N–H and O–H groups in total. The Kier molecular flexibility index (Phi) is 7.29. The van der Waals surface area contributed by atoms with Crippen molar-refractivity contribution in [2.24, 2.45) is 0 Å². The maximum absolute atomic E-state index is 12.7. The van der Waals surface area contributed by atoms with Gasteiger partial charge in [0.1, 0.15) is 24.0 Å². The third-order valence-corrected chi connectivity index (χ3v) is 6.31. The van der Waals surface area contributed by atoms with Gasteiger partial charge in [-0.2, -0.15) is 5.26 Å². The van der Waals surface area contributed by atoms with E-state index in [0.717, 1.165) is 31.6 Å². The molecule has 0 spiro atoms. The Morgan fingerprint density at radius 1 is 1.00 bits per heavy atom. The number of anilines is 1. The van der Waals surface area contributed by atoms with Gasteiger partial charge in [0.05, 0.1) is 3.57 Å². The van der Waals surface area contributed by atoms with E-state index in [1.54, 1.807) is 6.08 Å². The van der Waals surface area contributed by atoms with Crippen molar-refractivity contribution >= 4 is 51.0 Å². The van der Waals surface area contributed by atoms with E-state index in [-0.39, 0.29) is 5.57 Å². The number of hydrogen-bond acceptors (Lipinski definition) is 3. The van der Waals surface area contributed by atoms with Crippen LogP contribution < -0.4 is 10.1 Å². The number of ether oxygens (including phenoxy) is 1. The van der Waals surface area contributed by atoms with E-state index in [9.17, 15) is 10.1 Å². The number of benzene rings is 4. The summed E-state index contributed by atoms with van der Waals surface area (Å²) in [6.45, 7) is 4.38. The Morgan fingerprint density at radius 2 is 1.79 bits per heavy atom. The van der Waals surface area contributed by atoms with Crippen LogP contribution in [0.15, 0.2) is 84.4 Å². The van der Waals surface area contributed by atoms with Gasteiger partial charge in [-0.1, -0.05) is 60.2 Å². The number of aryl methyl sites for hydroxylation is 2. The molecule has 1 amide bonds. The Morgan fingerprint density at radius 3 is 2.53 bits per heavy atom. The molecule has 0 unspecified atom stereocenters. The number of carbonyl (C=O) groups excluding carboxylic acids is 1. The number of halogens is 1. The summed E-state index contributed by atoms with van der Waals surface area (Å²) in [5, 5.41) is 14.8. The van der Waals surface area contributed by atoms with Crippen molar-refractivity contribution in [3.8, 4) is 11.8 Å². The molecule has 34 heavy (non-hydrogen) atoms. The van der Waals surface area contributed by atoms with Gasteiger partial charge in [0.2, 0.25) is 0 Å². The quantitative estimate of drug-likeness (QED) is 0.155. The monoisotopic (exact) mass is 558 g/mol. The van der Waals surface area contributed by atoms with Crippen molar-refractivity contribution in [3.05, 3.63) is 110 Å². The first-order valence-electron chi connectivity index (χ1n) is 10.8. The molecule has 4 rings (SSSR count). The normalized spacial score (nSPS) is 11.2. The van der Waals surface area contributed by atoms with Crippen LogP contribution in [0.25, 0.3) is 16.8 Å². The summed E-state index contributed by atoms with van der Waals surface area (Å²) < 4.78 is 6.94. The van der Waals surface area contributed by atoms with Crippen LogP contribution in [-0.4, -0.2) is 5.91 Å². The molecular formula is C29H23IN2O2. The molecule has 4 nitrogen and oxygen atoms in total. The highest BCUT2D eigenvalue weighted by Crippen LogP contribution is 2.25. The number of nitrogens with zero attached hydrogens (tertiary/aromatic N) is 1. The molecule has 0 fully saturated rings. The fourth-order valence-electron chi connectivity index (χ4n) is 3.67. The zero-order chi connectivity index (χ0) is 24.1. The molecule has 0 atom stereocenters. The van der Waals surface area contributed by atoms with Gasteiger partial charge in [-0.15, -0.1) is 0 Å². The molecule has 0 saturated heterocycles. The lowest BCUT2D eigenvalue weighted by Crippen LogP contribution is -2.14. The van der Waals surface area contributed by atoms with Gasteiger partial charge in [-0.3, -0.25) is 4.79 Å². The molecule has 5 heteroatoms. The van der Waals surface area contributed by atoms with Crippen molar-refractivity contribution in [2.45, 2.75) is 20.5 Å². The second kappa shape index (κ2) is 10.5. The Hall–Kier alpha value is -3.63. The molecule has 0 aliphatic rings. The second-order valence-corrected chi connectivity index (χ2v) is 9.26. The van der Waals surface area contributed by atoms with E-state index in [2.05, 4.69) is 58.2 Å². The largest absolute Gasteiger partial charge is 0.488 e. The summed E-state index contributed by atoms with van der Waals surface area (Å²) in [7, 11) is 0. The molecule has 0 radical (unpaired) electrons. The van der Waals surface area contributed by atoms with Crippen LogP contribution in [0.2, 0.25) is 0 Å². The predicted octanol–water partition coefficient (Wildman–Crippen LogP) is 7.19. The fraction of sp³-hybridized carbons (Fsp3) is 0.103. The lowest BCUT2D eigenvalue weighted by Gasteiger charge is -2.10. The van der Waals surface area contributed by atoms with Crippen LogP contribution in [0.1, 0.15) is 22.3 Å². The highest BCUT2D eigenvalue weighted by Gasteiger charge is 2.12. The summed E-state index contributed by atoms with van der Waals surface area (Å²) in [5.74, 6) is 0.324. The van der Waals surface area contributed by atoms with Gasteiger partial charge in [-0.25, -0.2) is 0 Å². The first-order valence-corrected chi connectivity index (χ1v) is 11.9. The molecule has 168 valence electrons.